The van der Waals surface area contributed by atoms with Gasteiger partial charge in [-0.3, -0.25) is 4.79 Å². The molecule has 0 atom stereocenters. The number of carboxylic acid groups (broad SMARTS) is 1. The third-order valence-electron chi connectivity index (χ3n) is 5.29. The maximum atomic E-state index is 12.9. The van der Waals surface area contributed by atoms with E-state index in [1.54, 1.807) is 11.9 Å². The maximum absolute atomic E-state index is 12.9. The van der Waals surface area contributed by atoms with E-state index in [9.17, 15) is 23.1 Å². The highest BCUT2D eigenvalue weighted by atomic mass is 32.2. The summed E-state index contributed by atoms with van der Waals surface area (Å²) in [5.74, 6) is -1.60. The van der Waals surface area contributed by atoms with Crippen molar-refractivity contribution in [2.45, 2.75) is 24.7 Å². The number of aromatic carboxylic acids is 1. The van der Waals surface area contributed by atoms with Crippen LogP contribution in [0.3, 0.4) is 0 Å². The number of carboxylic acids is 1. The fourth-order valence-electron chi connectivity index (χ4n) is 3.52. The SMILES string of the molecule is Cc1ccc(N(C)C(=O)C2CCN(S(=O)(=O)c3ccccc3C(=O)O)CC2)cc1. The molecule has 1 aliphatic rings. The van der Waals surface area contributed by atoms with Crippen molar-refractivity contribution < 1.29 is 23.1 Å². The lowest BCUT2D eigenvalue weighted by molar-refractivity contribution is -0.123. The zero-order valence-electron chi connectivity index (χ0n) is 16.4. The summed E-state index contributed by atoms with van der Waals surface area (Å²) in [6.07, 6.45) is 0.785. The number of carbonyl (C=O) groups excluding carboxylic acids is 1. The Balaban J connectivity index is 1.71. The zero-order valence-corrected chi connectivity index (χ0v) is 17.2. The zero-order chi connectivity index (χ0) is 21.2. The number of hydrogen-bond donors (Lipinski definition) is 1. The molecular weight excluding hydrogens is 392 g/mol. The van der Waals surface area contributed by atoms with Crippen LogP contribution >= 0.6 is 0 Å². The number of carbonyl (C=O) groups is 2. The first-order valence-electron chi connectivity index (χ1n) is 9.38. The predicted octanol–water partition coefficient (Wildman–Crippen LogP) is 2.76. The summed E-state index contributed by atoms with van der Waals surface area (Å²) < 4.78 is 27.2. The summed E-state index contributed by atoms with van der Waals surface area (Å²) in [5.41, 5.74) is 1.66. The molecule has 1 fully saturated rings. The number of sulfonamides is 1. The van der Waals surface area contributed by atoms with Crippen LogP contribution in [0.15, 0.2) is 53.4 Å². The van der Waals surface area contributed by atoms with Crippen molar-refractivity contribution in [1.29, 1.82) is 0 Å². The molecule has 0 bridgehead atoms. The normalized spacial score (nSPS) is 15.8. The molecule has 154 valence electrons. The molecule has 29 heavy (non-hydrogen) atoms. The van der Waals surface area contributed by atoms with E-state index in [1.807, 2.05) is 31.2 Å². The Labute approximate surface area is 170 Å². The van der Waals surface area contributed by atoms with Crippen molar-refractivity contribution in [2.24, 2.45) is 5.92 Å². The molecule has 2 aromatic rings. The average Bonchev–Trinajstić information content (AvgIpc) is 2.73. The molecule has 0 aromatic heterocycles. The number of anilines is 1. The minimum atomic E-state index is -3.94. The molecule has 0 spiro atoms. The van der Waals surface area contributed by atoms with Gasteiger partial charge in [-0.1, -0.05) is 29.8 Å². The van der Waals surface area contributed by atoms with Crippen LogP contribution in [-0.4, -0.2) is 49.8 Å². The van der Waals surface area contributed by atoms with Crippen LogP contribution < -0.4 is 4.90 Å². The van der Waals surface area contributed by atoms with Crippen LogP contribution in [-0.2, 0) is 14.8 Å². The summed E-state index contributed by atoms with van der Waals surface area (Å²) in [5, 5.41) is 9.30. The lowest BCUT2D eigenvalue weighted by Crippen LogP contribution is -2.43. The van der Waals surface area contributed by atoms with Crippen molar-refractivity contribution in [2.75, 3.05) is 25.0 Å². The topological polar surface area (TPSA) is 95.0 Å². The molecule has 1 heterocycles. The first kappa shape index (κ1) is 21.0. The van der Waals surface area contributed by atoms with Gasteiger partial charge in [0.2, 0.25) is 15.9 Å². The largest absolute Gasteiger partial charge is 0.478 e. The van der Waals surface area contributed by atoms with Crippen LogP contribution in [0.2, 0.25) is 0 Å². The number of amides is 1. The highest BCUT2D eigenvalue weighted by molar-refractivity contribution is 7.89. The lowest BCUT2D eigenvalue weighted by Gasteiger charge is -2.32. The average molecular weight is 416 g/mol. The Bertz CT molecular complexity index is 1010. The Kier molecular flexibility index (Phi) is 6.04. The van der Waals surface area contributed by atoms with Crippen molar-refractivity contribution in [1.82, 2.24) is 4.31 Å². The van der Waals surface area contributed by atoms with Crippen LogP contribution in [0.4, 0.5) is 5.69 Å². The summed E-state index contributed by atoms with van der Waals surface area (Å²) >= 11 is 0. The number of rotatable bonds is 5. The standard InChI is InChI=1S/C21H24N2O5S/c1-15-7-9-17(10-8-15)22(2)20(24)16-11-13-23(14-12-16)29(27,28)19-6-4-3-5-18(19)21(25)26/h3-10,16H,11-14H2,1-2H3,(H,25,26). The maximum Gasteiger partial charge on any atom is 0.337 e. The number of piperidine rings is 1. The smallest absolute Gasteiger partial charge is 0.337 e. The van der Waals surface area contributed by atoms with Gasteiger partial charge in [0.25, 0.3) is 0 Å². The third-order valence-corrected chi connectivity index (χ3v) is 7.25. The van der Waals surface area contributed by atoms with Gasteiger partial charge in [0.15, 0.2) is 0 Å². The molecule has 1 amide bonds. The Hall–Kier alpha value is -2.71. The van der Waals surface area contributed by atoms with Crippen LogP contribution in [0, 0.1) is 12.8 Å². The number of aryl methyl sites for hydroxylation is 1. The number of benzene rings is 2. The predicted molar refractivity (Wildman–Crippen MR) is 109 cm³/mol. The minimum absolute atomic E-state index is 0.0446. The number of hydrogen-bond acceptors (Lipinski definition) is 4. The quantitative estimate of drug-likeness (QED) is 0.809. The van der Waals surface area contributed by atoms with Crippen molar-refractivity contribution in [3.63, 3.8) is 0 Å². The first-order chi connectivity index (χ1) is 13.7. The van der Waals surface area contributed by atoms with Gasteiger partial charge >= 0.3 is 5.97 Å². The molecule has 0 radical (unpaired) electrons. The molecule has 1 saturated heterocycles. The Morgan fingerprint density at radius 1 is 1.03 bits per heavy atom. The van der Waals surface area contributed by atoms with Crippen LogP contribution in [0.25, 0.3) is 0 Å². The molecule has 3 rings (SSSR count). The molecule has 8 heteroatoms. The Morgan fingerprint density at radius 3 is 2.21 bits per heavy atom. The minimum Gasteiger partial charge on any atom is -0.478 e. The van der Waals surface area contributed by atoms with Gasteiger partial charge in [0.1, 0.15) is 0 Å². The van der Waals surface area contributed by atoms with Crippen LogP contribution in [0.1, 0.15) is 28.8 Å². The van der Waals surface area contributed by atoms with Gasteiger partial charge in [0, 0.05) is 31.7 Å². The van der Waals surface area contributed by atoms with E-state index in [1.165, 1.54) is 28.6 Å². The van der Waals surface area contributed by atoms with E-state index in [-0.39, 0.29) is 35.4 Å². The third kappa shape index (κ3) is 4.33. The highest BCUT2D eigenvalue weighted by Gasteiger charge is 2.35. The highest BCUT2D eigenvalue weighted by Crippen LogP contribution is 2.28. The van der Waals surface area contributed by atoms with E-state index < -0.39 is 16.0 Å². The van der Waals surface area contributed by atoms with E-state index in [0.29, 0.717) is 12.8 Å². The summed E-state index contributed by atoms with van der Waals surface area (Å²) in [4.78, 5) is 25.6. The molecule has 0 saturated carbocycles. The lowest BCUT2D eigenvalue weighted by atomic mass is 9.96. The van der Waals surface area contributed by atoms with Crippen molar-refractivity contribution in [3.8, 4) is 0 Å². The van der Waals surface area contributed by atoms with Gasteiger partial charge in [-0.2, -0.15) is 4.31 Å². The molecule has 2 aromatic carbocycles. The van der Waals surface area contributed by atoms with E-state index in [4.69, 9.17) is 0 Å². The van der Waals surface area contributed by atoms with E-state index in [2.05, 4.69) is 0 Å². The molecule has 0 unspecified atom stereocenters. The molecule has 1 N–H and O–H groups in total. The summed E-state index contributed by atoms with van der Waals surface area (Å²) in [6, 6.07) is 13.2. The second kappa shape index (κ2) is 8.34. The van der Waals surface area contributed by atoms with Gasteiger partial charge in [-0.25, -0.2) is 13.2 Å². The molecule has 7 nitrogen and oxygen atoms in total. The molecule has 0 aliphatic carbocycles. The summed E-state index contributed by atoms with van der Waals surface area (Å²) in [7, 11) is -2.21. The first-order valence-corrected chi connectivity index (χ1v) is 10.8. The second-order valence-electron chi connectivity index (χ2n) is 7.21. The number of nitrogens with zero attached hydrogens (tertiary/aromatic N) is 2. The monoisotopic (exact) mass is 416 g/mol. The summed E-state index contributed by atoms with van der Waals surface area (Å²) in [6.45, 7) is 2.33. The van der Waals surface area contributed by atoms with Crippen molar-refractivity contribution >= 4 is 27.6 Å². The van der Waals surface area contributed by atoms with Gasteiger partial charge < -0.3 is 10.0 Å². The Morgan fingerprint density at radius 2 is 1.62 bits per heavy atom. The van der Waals surface area contributed by atoms with Gasteiger partial charge in [-0.15, -0.1) is 0 Å². The van der Waals surface area contributed by atoms with Gasteiger partial charge in [0.05, 0.1) is 10.5 Å². The fraction of sp³-hybridized carbons (Fsp3) is 0.333. The van der Waals surface area contributed by atoms with E-state index >= 15 is 0 Å². The molecule has 1 aliphatic heterocycles. The second-order valence-corrected chi connectivity index (χ2v) is 9.12. The molecular formula is C21H24N2O5S. The van der Waals surface area contributed by atoms with Crippen LogP contribution in [0.5, 0.6) is 0 Å². The van der Waals surface area contributed by atoms with E-state index in [0.717, 1.165) is 11.3 Å². The fourth-order valence-corrected chi connectivity index (χ4v) is 5.17. The van der Waals surface area contributed by atoms with Gasteiger partial charge in [-0.05, 0) is 44.0 Å². The van der Waals surface area contributed by atoms with Crippen molar-refractivity contribution in [3.05, 3.63) is 59.7 Å².